The van der Waals surface area contributed by atoms with Crippen molar-refractivity contribution in [2.24, 2.45) is 0 Å². The van der Waals surface area contributed by atoms with Gasteiger partial charge in [-0.15, -0.1) is 11.3 Å². The standard InChI is InChI=1S/C14H16N2O4S/c1-9(17)13-7-12(16(18)19)14(21-13)15(10-4-5-10)8-11-3-2-6-20-11/h2-3,6-7,9-10,17H,4-5,8H2,1H3. The van der Waals surface area contributed by atoms with Gasteiger partial charge in [-0.05, 0) is 31.9 Å². The third kappa shape index (κ3) is 2.93. The lowest BCUT2D eigenvalue weighted by atomic mass is 10.3. The molecule has 1 atom stereocenters. The summed E-state index contributed by atoms with van der Waals surface area (Å²) in [7, 11) is 0. The molecule has 1 N–H and O–H groups in total. The Hall–Kier alpha value is -1.86. The molecule has 2 aromatic rings. The zero-order chi connectivity index (χ0) is 15.0. The SMILES string of the molecule is CC(O)c1cc([N+](=O)[O-])c(N(Cc2ccco2)C2CC2)s1. The Balaban J connectivity index is 1.96. The normalized spacial score (nSPS) is 15.9. The van der Waals surface area contributed by atoms with Crippen molar-refractivity contribution in [2.75, 3.05) is 4.90 Å². The van der Waals surface area contributed by atoms with Crippen LogP contribution in [0.3, 0.4) is 0 Å². The molecular formula is C14H16N2O4S. The van der Waals surface area contributed by atoms with Crippen molar-refractivity contribution in [3.05, 3.63) is 45.2 Å². The predicted octanol–water partition coefficient (Wildman–Crippen LogP) is 3.47. The van der Waals surface area contributed by atoms with Crippen molar-refractivity contribution in [1.29, 1.82) is 0 Å². The second kappa shape index (κ2) is 5.50. The third-order valence-corrected chi connectivity index (χ3v) is 4.81. The molecule has 0 bridgehead atoms. The average molecular weight is 308 g/mol. The molecule has 112 valence electrons. The quantitative estimate of drug-likeness (QED) is 0.653. The second-order valence-corrected chi connectivity index (χ2v) is 6.27. The highest BCUT2D eigenvalue weighted by Gasteiger charge is 2.35. The van der Waals surface area contributed by atoms with E-state index in [1.807, 2.05) is 17.0 Å². The smallest absolute Gasteiger partial charge is 0.304 e. The Labute approximate surface area is 125 Å². The van der Waals surface area contributed by atoms with Crippen molar-refractivity contribution in [1.82, 2.24) is 0 Å². The summed E-state index contributed by atoms with van der Waals surface area (Å²) in [5, 5.41) is 21.6. The maximum absolute atomic E-state index is 11.3. The largest absolute Gasteiger partial charge is 0.467 e. The van der Waals surface area contributed by atoms with Crippen LogP contribution in [0, 0.1) is 10.1 Å². The fourth-order valence-electron chi connectivity index (χ4n) is 2.26. The zero-order valence-corrected chi connectivity index (χ0v) is 12.4. The number of rotatable bonds is 6. The number of nitrogens with zero attached hydrogens (tertiary/aromatic N) is 2. The Bertz CT molecular complexity index is 631. The molecule has 0 amide bonds. The molecule has 1 fully saturated rings. The number of aliphatic hydroxyl groups is 1. The van der Waals surface area contributed by atoms with Gasteiger partial charge in [0.15, 0.2) is 5.00 Å². The van der Waals surface area contributed by atoms with Crippen molar-refractivity contribution in [2.45, 2.75) is 38.5 Å². The molecule has 21 heavy (non-hydrogen) atoms. The van der Waals surface area contributed by atoms with Crippen LogP contribution >= 0.6 is 11.3 Å². The van der Waals surface area contributed by atoms with E-state index in [-0.39, 0.29) is 10.6 Å². The molecule has 1 saturated carbocycles. The highest BCUT2D eigenvalue weighted by molar-refractivity contribution is 7.16. The van der Waals surface area contributed by atoms with Crippen molar-refractivity contribution in [3.63, 3.8) is 0 Å². The number of thiophene rings is 1. The first kappa shape index (κ1) is 14.1. The van der Waals surface area contributed by atoms with Gasteiger partial charge in [-0.25, -0.2) is 0 Å². The first-order valence-electron chi connectivity index (χ1n) is 6.81. The number of hydrogen-bond acceptors (Lipinski definition) is 6. The van der Waals surface area contributed by atoms with Gasteiger partial charge in [-0.1, -0.05) is 0 Å². The first-order valence-corrected chi connectivity index (χ1v) is 7.63. The molecule has 3 rings (SSSR count). The maximum Gasteiger partial charge on any atom is 0.304 e. The minimum Gasteiger partial charge on any atom is -0.467 e. The van der Waals surface area contributed by atoms with Gasteiger partial charge in [0.1, 0.15) is 5.76 Å². The topological polar surface area (TPSA) is 79.8 Å². The summed E-state index contributed by atoms with van der Waals surface area (Å²) in [4.78, 5) is 13.5. The molecule has 0 aliphatic heterocycles. The van der Waals surface area contributed by atoms with Gasteiger partial charge in [0, 0.05) is 17.0 Å². The summed E-state index contributed by atoms with van der Waals surface area (Å²) in [6, 6.07) is 5.46. The first-order chi connectivity index (χ1) is 10.1. The van der Waals surface area contributed by atoms with Crippen molar-refractivity contribution < 1.29 is 14.4 Å². The minimum atomic E-state index is -0.702. The Morgan fingerprint density at radius 3 is 2.90 bits per heavy atom. The van der Waals surface area contributed by atoms with Crippen LogP contribution in [-0.4, -0.2) is 16.1 Å². The summed E-state index contributed by atoms with van der Waals surface area (Å²) in [6.45, 7) is 2.13. The van der Waals surface area contributed by atoms with Gasteiger partial charge in [0.2, 0.25) is 0 Å². The summed E-state index contributed by atoms with van der Waals surface area (Å²) in [5.41, 5.74) is 0.0642. The summed E-state index contributed by atoms with van der Waals surface area (Å²) >= 11 is 1.29. The summed E-state index contributed by atoms with van der Waals surface area (Å²) in [6.07, 6.45) is 2.96. The third-order valence-electron chi connectivity index (χ3n) is 3.48. The predicted molar refractivity (Wildman–Crippen MR) is 79.5 cm³/mol. The summed E-state index contributed by atoms with van der Waals surface area (Å²) < 4.78 is 5.36. The van der Waals surface area contributed by atoms with Gasteiger partial charge < -0.3 is 14.4 Å². The second-order valence-electron chi connectivity index (χ2n) is 5.21. The molecule has 1 unspecified atom stereocenters. The van der Waals surface area contributed by atoms with Crippen molar-refractivity contribution >= 4 is 22.0 Å². The van der Waals surface area contributed by atoms with E-state index in [0.717, 1.165) is 18.6 Å². The van der Waals surface area contributed by atoms with Crippen molar-refractivity contribution in [3.8, 4) is 0 Å². The molecular weight excluding hydrogens is 292 g/mol. The lowest BCUT2D eigenvalue weighted by Crippen LogP contribution is -2.24. The molecule has 1 aliphatic rings. The molecule has 2 heterocycles. The highest BCUT2D eigenvalue weighted by atomic mass is 32.1. The Morgan fingerprint density at radius 1 is 1.62 bits per heavy atom. The molecule has 6 nitrogen and oxygen atoms in total. The van der Waals surface area contributed by atoms with Gasteiger partial charge in [-0.2, -0.15) is 0 Å². The van der Waals surface area contributed by atoms with E-state index in [0.29, 0.717) is 22.5 Å². The van der Waals surface area contributed by atoms with Crippen LogP contribution in [-0.2, 0) is 6.54 Å². The fraction of sp³-hybridized carbons (Fsp3) is 0.429. The van der Waals surface area contributed by atoms with Crippen LogP contribution in [0.1, 0.15) is 36.5 Å². The molecule has 1 aliphatic carbocycles. The van der Waals surface area contributed by atoms with Crippen LogP contribution in [0.5, 0.6) is 0 Å². The molecule has 0 saturated heterocycles. The Morgan fingerprint density at radius 2 is 2.38 bits per heavy atom. The monoisotopic (exact) mass is 308 g/mol. The molecule has 7 heteroatoms. The van der Waals surface area contributed by atoms with E-state index in [1.165, 1.54) is 17.4 Å². The van der Waals surface area contributed by atoms with E-state index >= 15 is 0 Å². The maximum atomic E-state index is 11.3. The van der Waals surface area contributed by atoms with Gasteiger partial charge in [0.25, 0.3) is 0 Å². The zero-order valence-electron chi connectivity index (χ0n) is 11.6. The van der Waals surface area contributed by atoms with E-state index in [1.54, 1.807) is 13.2 Å². The number of hydrogen-bond donors (Lipinski definition) is 1. The lowest BCUT2D eigenvalue weighted by molar-refractivity contribution is -0.383. The van der Waals surface area contributed by atoms with Crippen LogP contribution in [0.2, 0.25) is 0 Å². The van der Waals surface area contributed by atoms with E-state index < -0.39 is 6.10 Å². The number of anilines is 1. The van der Waals surface area contributed by atoms with Gasteiger partial charge in [0.05, 0.1) is 23.8 Å². The molecule has 0 spiro atoms. The number of nitro groups is 1. The number of furan rings is 1. The fourth-order valence-corrected chi connectivity index (χ4v) is 3.39. The minimum absolute atomic E-state index is 0.0642. The van der Waals surface area contributed by atoms with E-state index in [9.17, 15) is 15.2 Å². The van der Waals surface area contributed by atoms with Crippen LogP contribution in [0.4, 0.5) is 10.7 Å². The van der Waals surface area contributed by atoms with E-state index in [2.05, 4.69) is 0 Å². The highest BCUT2D eigenvalue weighted by Crippen LogP contribution is 2.45. The van der Waals surface area contributed by atoms with Gasteiger partial charge >= 0.3 is 5.69 Å². The van der Waals surface area contributed by atoms with E-state index in [4.69, 9.17) is 4.42 Å². The van der Waals surface area contributed by atoms with Crippen LogP contribution in [0.15, 0.2) is 28.9 Å². The van der Waals surface area contributed by atoms with Crippen LogP contribution < -0.4 is 4.90 Å². The molecule has 2 aromatic heterocycles. The lowest BCUT2D eigenvalue weighted by Gasteiger charge is -2.21. The van der Waals surface area contributed by atoms with Gasteiger partial charge in [-0.3, -0.25) is 10.1 Å². The molecule has 0 aromatic carbocycles. The summed E-state index contributed by atoms with van der Waals surface area (Å²) in [5.74, 6) is 0.781. The van der Waals surface area contributed by atoms with Crippen LogP contribution in [0.25, 0.3) is 0 Å². The molecule has 0 radical (unpaired) electrons. The Kier molecular flexibility index (Phi) is 3.69. The number of aliphatic hydroxyl groups excluding tert-OH is 1. The average Bonchev–Trinajstić information content (AvgIpc) is 2.98.